The molecule has 0 atom stereocenters. The minimum absolute atomic E-state index is 0.318. The zero-order valence-corrected chi connectivity index (χ0v) is 10.3. The minimum atomic E-state index is -0.796. The highest BCUT2D eigenvalue weighted by atomic mass is 16.7. The van der Waals surface area contributed by atoms with E-state index < -0.39 is 5.79 Å². The highest BCUT2D eigenvalue weighted by Crippen LogP contribution is 2.27. The molecule has 0 aliphatic carbocycles. The Hall–Kier alpha value is -0.900. The summed E-state index contributed by atoms with van der Waals surface area (Å²) in [7, 11) is 0. The number of benzene rings is 1. The van der Waals surface area contributed by atoms with Crippen LogP contribution in [0.15, 0.2) is 24.3 Å². The highest BCUT2D eigenvalue weighted by Gasteiger charge is 2.32. The lowest BCUT2D eigenvalue weighted by Gasteiger charge is -2.32. The van der Waals surface area contributed by atoms with E-state index in [-0.39, 0.29) is 0 Å². The quantitative estimate of drug-likeness (QED) is 0.752. The first-order chi connectivity index (χ1) is 7.68. The van der Waals surface area contributed by atoms with Crippen LogP contribution in [-0.4, -0.2) is 19.8 Å². The highest BCUT2D eigenvalue weighted by molar-refractivity contribution is 5.26. The van der Waals surface area contributed by atoms with Crippen LogP contribution in [0.1, 0.15) is 25.0 Å². The summed E-state index contributed by atoms with van der Waals surface area (Å²) in [6, 6.07) is 8.08. The fourth-order valence-corrected chi connectivity index (χ4v) is 1.79. The average Bonchev–Trinajstić information content (AvgIpc) is 2.28. The van der Waals surface area contributed by atoms with Crippen molar-refractivity contribution in [2.75, 3.05) is 19.8 Å². The molecule has 16 heavy (non-hydrogen) atoms. The van der Waals surface area contributed by atoms with E-state index in [9.17, 15) is 0 Å². The van der Waals surface area contributed by atoms with Crippen molar-refractivity contribution in [2.45, 2.75) is 26.6 Å². The van der Waals surface area contributed by atoms with Crippen molar-refractivity contribution >= 4 is 0 Å². The summed E-state index contributed by atoms with van der Waals surface area (Å²) in [6.07, 6.45) is 0. The number of hydrogen-bond donors (Lipinski definition) is 1. The van der Waals surface area contributed by atoms with Gasteiger partial charge in [-0.3, -0.25) is 0 Å². The largest absolute Gasteiger partial charge is 0.345 e. The second-order valence-corrected chi connectivity index (χ2v) is 3.69. The van der Waals surface area contributed by atoms with E-state index in [4.69, 9.17) is 15.2 Å². The van der Waals surface area contributed by atoms with Crippen molar-refractivity contribution in [2.24, 2.45) is 5.73 Å². The van der Waals surface area contributed by atoms with Crippen LogP contribution < -0.4 is 5.73 Å². The van der Waals surface area contributed by atoms with Gasteiger partial charge in [0.05, 0.1) is 6.54 Å². The zero-order chi connectivity index (χ0) is 12.0. The molecule has 0 spiro atoms. The van der Waals surface area contributed by atoms with Gasteiger partial charge in [0, 0.05) is 18.8 Å². The fourth-order valence-electron chi connectivity index (χ4n) is 1.79. The molecule has 0 radical (unpaired) electrons. The summed E-state index contributed by atoms with van der Waals surface area (Å²) in [5.41, 5.74) is 7.97. The van der Waals surface area contributed by atoms with E-state index in [1.54, 1.807) is 0 Å². The molecule has 1 aromatic carbocycles. The van der Waals surface area contributed by atoms with Gasteiger partial charge < -0.3 is 15.2 Å². The van der Waals surface area contributed by atoms with Crippen molar-refractivity contribution in [3.8, 4) is 0 Å². The summed E-state index contributed by atoms with van der Waals surface area (Å²) < 4.78 is 11.4. The van der Waals surface area contributed by atoms with Crippen LogP contribution in [0.5, 0.6) is 0 Å². The molecular formula is C13H21NO2. The SMILES string of the molecule is CCOC(CN)(OCC)c1cccc(C)c1. The maximum Gasteiger partial charge on any atom is 0.207 e. The molecule has 1 rings (SSSR count). The molecule has 2 N–H and O–H groups in total. The van der Waals surface area contributed by atoms with Crippen molar-refractivity contribution in [1.82, 2.24) is 0 Å². The topological polar surface area (TPSA) is 44.5 Å². The molecule has 0 aromatic heterocycles. The third kappa shape index (κ3) is 2.82. The molecule has 0 amide bonds. The standard InChI is InChI=1S/C13H21NO2/c1-4-15-13(10-14,16-5-2)12-8-6-7-11(3)9-12/h6-9H,4-5,10,14H2,1-3H3. The van der Waals surface area contributed by atoms with Gasteiger partial charge in [0.1, 0.15) is 0 Å². The maximum absolute atomic E-state index is 5.81. The summed E-state index contributed by atoms with van der Waals surface area (Å²) in [4.78, 5) is 0. The van der Waals surface area contributed by atoms with Gasteiger partial charge in [0.2, 0.25) is 5.79 Å². The molecule has 0 aliphatic heterocycles. The monoisotopic (exact) mass is 223 g/mol. The molecule has 0 saturated heterocycles. The second kappa shape index (κ2) is 5.99. The van der Waals surface area contributed by atoms with Gasteiger partial charge >= 0.3 is 0 Å². The number of ether oxygens (including phenoxy) is 2. The Balaban J connectivity index is 3.07. The van der Waals surface area contributed by atoms with Crippen molar-refractivity contribution in [3.63, 3.8) is 0 Å². The molecule has 90 valence electrons. The Labute approximate surface area is 97.6 Å². The van der Waals surface area contributed by atoms with E-state index in [0.717, 1.165) is 5.56 Å². The predicted octanol–water partition coefficient (Wildman–Crippen LogP) is 2.18. The van der Waals surface area contributed by atoms with Crippen molar-refractivity contribution in [1.29, 1.82) is 0 Å². The smallest absolute Gasteiger partial charge is 0.207 e. The fraction of sp³-hybridized carbons (Fsp3) is 0.538. The summed E-state index contributed by atoms with van der Waals surface area (Å²) in [5.74, 6) is -0.796. The molecular weight excluding hydrogens is 202 g/mol. The molecule has 0 fully saturated rings. The van der Waals surface area contributed by atoms with Crippen LogP contribution in [-0.2, 0) is 15.3 Å². The van der Waals surface area contributed by atoms with Gasteiger partial charge in [0.25, 0.3) is 0 Å². The van der Waals surface area contributed by atoms with Crippen LogP contribution in [0.3, 0.4) is 0 Å². The third-order valence-corrected chi connectivity index (χ3v) is 2.48. The Morgan fingerprint density at radius 2 is 1.81 bits per heavy atom. The van der Waals surface area contributed by atoms with E-state index >= 15 is 0 Å². The van der Waals surface area contributed by atoms with Crippen LogP contribution in [0.25, 0.3) is 0 Å². The van der Waals surface area contributed by atoms with Crippen LogP contribution in [0, 0.1) is 6.92 Å². The van der Waals surface area contributed by atoms with Gasteiger partial charge in [-0.1, -0.05) is 29.8 Å². The van der Waals surface area contributed by atoms with E-state index in [0.29, 0.717) is 19.8 Å². The number of aryl methyl sites for hydroxylation is 1. The lowest BCUT2D eigenvalue weighted by atomic mass is 10.0. The molecule has 0 saturated carbocycles. The third-order valence-electron chi connectivity index (χ3n) is 2.48. The number of hydrogen-bond acceptors (Lipinski definition) is 3. The van der Waals surface area contributed by atoms with E-state index in [2.05, 4.69) is 6.07 Å². The average molecular weight is 223 g/mol. The first-order valence-electron chi connectivity index (χ1n) is 5.73. The Morgan fingerprint density at radius 1 is 1.19 bits per heavy atom. The number of rotatable bonds is 6. The van der Waals surface area contributed by atoms with Crippen molar-refractivity contribution in [3.05, 3.63) is 35.4 Å². The van der Waals surface area contributed by atoms with Crippen molar-refractivity contribution < 1.29 is 9.47 Å². The van der Waals surface area contributed by atoms with Gasteiger partial charge in [0.15, 0.2) is 0 Å². The lowest BCUT2D eigenvalue weighted by molar-refractivity contribution is -0.235. The molecule has 3 nitrogen and oxygen atoms in total. The zero-order valence-electron chi connectivity index (χ0n) is 10.3. The Kier molecular flexibility index (Phi) is 4.93. The Morgan fingerprint density at radius 3 is 2.25 bits per heavy atom. The molecule has 1 aromatic rings. The van der Waals surface area contributed by atoms with Gasteiger partial charge in [-0.05, 0) is 20.8 Å². The van der Waals surface area contributed by atoms with Gasteiger partial charge in [-0.25, -0.2) is 0 Å². The molecule has 0 heterocycles. The van der Waals surface area contributed by atoms with E-state index in [1.807, 2.05) is 39.0 Å². The molecule has 3 heteroatoms. The summed E-state index contributed by atoms with van der Waals surface area (Å²) >= 11 is 0. The predicted molar refractivity (Wildman–Crippen MR) is 65.2 cm³/mol. The van der Waals surface area contributed by atoms with E-state index in [1.165, 1.54) is 5.56 Å². The lowest BCUT2D eigenvalue weighted by Crippen LogP contribution is -2.41. The van der Waals surface area contributed by atoms with Crippen LogP contribution >= 0.6 is 0 Å². The van der Waals surface area contributed by atoms with Gasteiger partial charge in [-0.15, -0.1) is 0 Å². The Bertz CT molecular complexity index is 319. The molecule has 0 bridgehead atoms. The van der Waals surface area contributed by atoms with Crippen LogP contribution in [0.4, 0.5) is 0 Å². The summed E-state index contributed by atoms with van der Waals surface area (Å²) in [5, 5.41) is 0. The molecule has 0 aliphatic rings. The first kappa shape index (κ1) is 13.2. The maximum atomic E-state index is 5.81. The normalized spacial score (nSPS) is 11.8. The first-order valence-corrected chi connectivity index (χ1v) is 5.73. The molecule has 0 unspecified atom stereocenters. The summed E-state index contributed by atoms with van der Waals surface area (Å²) in [6.45, 7) is 7.40. The van der Waals surface area contributed by atoms with Crippen LogP contribution in [0.2, 0.25) is 0 Å². The number of nitrogens with two attached hydrogens (primary N) is 1. The van der Waals surface area contributed by atoms with Gasteiger partial charge in [-0.2, -0.15) is 0 Å². The second-order valence-electron chi connectivity index (χ2n) is 3.69. The minimum Gasteiger partial charge on any atom is -0.345 e.